The van der Waals surface area contributed by atoms with Crippen LogP contribution in [-0.4, -0.2) is 12.6 Å². The fourth-order valence-electron chi connectivity index (χ4n) is 1.26. The number of hydrogen-bond donors (Lipinski definition) is 0. The summed E-state index contributed by atoms with van der Waals surface area (Å²) in [6, 6.07) is 7.39. The highest BCUT2D eigenvalue weighted by atomic mass is 17.2. The Morgan fingerprint density at radius 1 is 1.20 bits per heavy atom. The van der Waals surface area contributed by atoms with Crippen molar-refractivity contribution in [2.75, 3.05) is 6.61 Å². The van der Waals surface area contributed by atoms with Crippen LogP contribution < -0.4 is 0 Å². The van der Waals surface area contributed by atoms with Gasteiger partial charge in [0.05, 0.1) is 12.2 Å². The van der Waals surface area contributed by atoms with Crippen LogP contribution in [0.1, 0.15) is 36.2 Å². The van der Waals surface area contributed by atoms with Gasteiger partial charge in [0.2, 0.25) is 0 Å². The van der Waals surface area contributed by atoms with Crippen LogP contribution in [0.15, 0.2) is 24.3 Å². The van der Waals surface area contributed by atoms with Crippen molar-refractivity contribution < 1.29 is 14.6 Å². The van der Waals surface area contributed by atoms with Gasteiger partial charge in [-0.05, 0) is 31.0 Å². The van der Waals surface area contributed by atoms with Crippen LogP contribution in [0.5, 0.6) is 0 Å². The van der Waals surface area contributed by atoms with E-state index in [1.165, 1.54) is 5.56 Å². The van der Waals surface area contributed by atoms with E-state index in [2.05, 4.69) is 16.7 Å². The van der Waals surface area contributed by atoms with Gasteiger partial charge in [0, 0.05) is 0 Å². The summed E-state index contributed by atoms with van der Waals surface area (Å²) in [5.74, 6) is -0.445. The number of hydrogen-bond acceptors (Lipinski definition) is 3. The van der Waals surface area contributed by atoms with Gasteiger partial charge >= 0.3 is 5.97 Å². The third kappa shape index (κ3) is 3.72. The Hall–Kier alpha value is -1.35. The van der Waals surface area contributed by atoms with Gasteiger partial charge in [-0.2, -0.15) is 4.89 Å². The number of carbonyl (C=O) groups excluding carboxylic acids is 1. The minimum absolute atomic E-state index is 0.361. The normalized spacial score (nSPS) is 10.0. The van der Waals surface area contributed by atoms with E-state index < -0.39 is 5.97 Å². The molecular weight excluding hydrogens is 192 g/mol. The molecule has 15 heavy (non-hydrogen) atoms. The lowest BCUT2D eigenvalue weighted by atomic mass is 10.1. The fraction of sp³-hybridized carbons (Fsp3) is 0.417. The second-order valence-electron chi connectivity index (χ2n) is 3.22. The predicted octanol–water partition coefficient (Wildman–Crippen LogP) is 2.75. The maximum Gasteiger partial charge on any atom is 0.373 e. The van der Waals surface area contributed by atoms with E-state index in [0.29, 0.717) is 12.2 Å². The molecule has 0 aliphatic heterocycles. The van der Waals surface area contributed by atoms with Gasteiger partial charge in [-0.25, -0.2) is 4.79 Å². The summed E-state index contributed by atoms with van der Waals surface area (Å²) in [5, 5.41) is 0. The average Bonchev–Trinajstić information content (AvgIpc) is 2.27. The minimum Gasteiger partial charge on any atom is -0.293 e. The van der Waals surface area contributed by atoms with E-state index in [-0.39, 0.29) is 0 Å². The number of rotatable bonds is 5. The first-order valence-electron chi connectivity index (χ1n) is 5.20. The lowest BCUT2D eigenvalue weighted by Crippen LogP contribution is -2.05. The number of benzene rings is 1. The Labute approximate surface area is 89.9 Å². The van der Waals surface area contributed by atoms with Gasteiger partial charge in [-0.15, -0.1) is 0 Å². The summed E-state index contributed by atoms with van der Waals surface area (Å²) in [7, 11) is 0. The molecule has 0 heterocycles. The first kappa shape index (κ1) is 11.7. The molecule has 3 nitrogen and oxygen atoms in total. The molecule has 82 valence electrons. The molecule has 0 saturated carbocycles. The molecule has 0 atom stereocenters. The smallest absolute Gasteiger partial charge is 0.293 e. The van der Waals surface area contributed by atoms with Crippen molar-refractivity contribution in [3.05, 3.63) is 35.4 Å². The topological polar surface area (TPSA) is 35.5 Å². The standard InChI is InChI=1S/C12H16O3/c1-3-5-10-6-8-11(9-7-10)12(13)15-14-4-2/h6-9H,3-5H2,1-2H3. The third-order valence-electron chi connectivity index (χ3n) is 1.98. The van der Waals surface area contributed by atoms with E-state index in [9.17, 15) is 4.79 Å². The van der Waals surface area contributed by atoms with Crippen LogP contribution in [0.25, 0.3) is 0 Å². The van der Waals surface area contributed by atoms with Gasteiger partial charge in [0.15, 0.2) is 0 Å². The molecule has 0 saturated heterocycles. The van der Waals surface area contributed by atoms with Crippen molar-refractivity contribution in [1.29, 1.82) is 0 Å². The molecular formula is C12H16O3. The molecule has 1 rings (SSSR count). The molecule has 0 radical (unpaired) electrons. The Balaban J connectivity index is 2.58. The summed E-state index contributed by atoms with van der Waals surface area (Å²) in [6.07, 6.45) is 2.13. The molecule has 1 aromatic carbocycles. The maximum absolute atomic E-state index is 11.3. The highest BCUT2D eigenvalue weighted by Crippen LogP contribution is 2.07. The molecule has 0 N–H and O–H groups in total. The molecule has 3 heteroatoms. The monoisotopic (exact) mass is 208 g/mol. The molecule has 0 amide bonds. The molecule has 0 bridgehead atoms. The van der Waals surface area contributed by atoms with Gasteiger partial charge < -0.3 is 0 Å². The van der Waals surface area contributed by atoms with Crippen molar-refractivity contribution in [1.82, 2.24) is 0 Å². The number of aryl methyl sites for hydroxylation is 1. The third-order valence-corrected chi connectivity index (χ3v) is 1.98. The lowest BCUT2D eigenvalue weighted by Gasteiger charge is -2.02. The van der Waals surface area contributed by atoms with Gasteiger partial charge in [0.1, 0.15) is 0 Å². The minimum atomic E-state index is -0.445. The predicted molar refractivity (Wildman–Crippen MR) is 57.5 cm³/mol. The summed E-state index contributed by atoms with van der Waals surface area (Å²) in [5.41, 5.74) is 1.74. The van der Waals surface area contributed by atoms with Crippen LogP contribution in [0.2, 0.25) is 0 Å². The van der Waals surface area contributed by atoms with Crippen LogP contribution in [0.4, 0.5) is 0 Å². The number of carbonyl (C=O) groups is 1. The second kappa shape index (κ2) is 6.19. The van der Waals surface area contributed by atoms with Gasteiger partial charge in [0.25, 0.3) is 0 Å². The zero-order valence-corrected chi connectivity index (χ0v) is 9.16. The van der Waals surface area contributed by atoms with Crippen LogP contribution >= 0.6 is 0 Å². The highest BCUT2D eigenvalue weighted by molar-refractivity contribution is 5.88. The Kier molecular flexibility index (Phi) is 4.84. The zero-order chi connectivity index (χ0) is 11.1. The van der Waals surface area contributed by atoms with Gasteiger partial charge in [-0.3, -0.25) is 4.89 Å². The largest absolute Gasteiger partial charge is 0.373 e. The van der Waals surface area contributed by atoms with E-state index in [0.717, 1.165) is 12.8 Å². The first-order chi connectivity index (χ1) is 7.27. The Morgan fingerprint density at radius 3 is 2.40 bits per heavy atom. The van der Waals surface area contributed by atoms with Crippen LogP contribution in [0.3, 0.4) is 0 Å². The molecule has 0 aliphatic rings. The van der Waals surface area contributed by atoms with E-state index in [4.69, 9.17) is 0 Å². The summed E-state index contributed by atoms with van der Waals surface area (Å²) in [6.45, 7) is 4.24. The molecule has 1 aromatic rings. The van der Waals surface area contributed by atoms with Crippen molar-refractivity contribution in [2.24, 2.45) is 0 Å². The van der Waals surface area contributed by atoms with Crippen LogP contribution in [-0.2, 0) is 16.2 Å². The summed E-state index contributed by atoms with van der Waals surface area (Å²) >= 11 is 0. The summed E-state index contributed by atoms with van der Waals surface area (Å²) in [4.78, 5) is 20.4. The highest BCUT2D eigenvalue weighted by Gasteiger charge is 2.07. The lowest BCUT2D eigenvalue weighted by molar-refractivity contribution is -0.236. The van der Waals surface area contributed by atoms with E-state index >= 15 is 0 Å². The second-order valence-corrected chi connectivity index (χ2v) is 3.22. The first-order valence-corrected chi connectivity index (χ1v) is 5.20. The van der Waals surface area contributed by atoms with Crippen molar-refractivity contribution in [2.45, 2.75) is 26.7 Å². The Bertz CT molecular complexity index is 303. The molecule has 0 unspecified atom stereocenters. The summed E-state index contributed by atoms with van der Waals surface area (Å²) < 4.78 is 0. The maximum atomic E-state index is 11.3. The molecule has 0 fully saturated rings. The quantitative estimate of drug-likeness (QED) is 0.551. The fourth-order valence-corrected chi connectivity index (χ4v) is 1.26. The van der Waals surface area contributed by atoms with Crippen LogP contribution in [0, 0.1) is 0 Å². The molecule has 0 spiro atoms. The molecule has 0 aromatic heterocycles. The average molecular weight is 208 g/mol. The van der Waals surface area contributed by atoms with Crippen molar-refractivity contribution in [3.63, 3.8) is 0 Å². The van der Waals surface area contributed by atoms with Gasteiger partial charge in [-0.1, -0.05) is 25.5 Å². The molecule has 0 aliphatic carbocycles. The van der Waals surface area contributed by atoms with Crippen molar-refractivity contribution in [3.8, 4) is 0 Å². The van der Waals surface area contributed by atoms with E-state index in [1.807, 2.05) is 12.1 Å². The SMILES string of the molecule is CCCc1ccc(C(=O)OOCC)cc1. The zero-order valence-electron chi connectivity index (χ0n) is 9.16. The van der Waals surface area contributed by atoms with E-state index in [1.54, 1.807) is 19.1 Å². The van der Waals surface area contributed by atoms with Crippen molar-refractivity contribution >= 4 is 5.97 Å². The Morgan fingerprint density at radius 2 is 1.87 bits per heavy atom.